The molecule has 0 radical (unpaired) electrons. The van der Waals surface area contributed by atoms with E-state index >= 15 is 0 Å². The maximum atomic E-state index is 13.4. The maximum absolute atomic E-state index is 13.4. The zero-order valence-electron chi connectivity index (χ0n) is 15.9. The molecule has 154 valence electrons. The van der Waals surface area contributed by atoms with Crippen LogP contribution in [0.5, 0.6) is 0 Å². The Morgan fingerprint density at radius 2 is 2.03 bits per heavy atom. The molecule has 2 heterocycles. The number of halogens is 2. The van der Waals surface area contributed by atoms with E-state index < -0.39 is 11.7 Å². The van der Waals surface area contributed by atoms with Crippen LogP contribution in [-0.4, -0.2) is 24.2 Å². The predicted molar refractivity (Wildman–Crippen MR) is 108 cm³/mol. The number of urea groups is 1. The van der Waals surface area contributed by atoms with Gasteiger partial charge in [-0.1, -0.05) is 30.9 Å². The highest BCUT2D eigenvalue weighted by molar-refractivity contribution is 6.35. The summed E-state index contributed by atoms with van der Waals surface area (Å²) in [6.45, 7) is 0. The van der Waals surface area contributed by atoms with Crippen LogP contribution in [0, 0.1) is 0 Å². The van der Waals surface area contributed by atoms with Gasteiger partial charge < -0.3 is 20.4 Å². The average molecular weight is 420 g/mol. The molecule has 5 rings (SSSR count). The van der Waals surface area contributed by atoms with Crippen LogP contribution in [0.15, 0.2) is 16.5 Å². The number of carbonyl (C=O) groups is 2. The predicted octanol–water partition coefficient (Wildman–Crippen LogP) is 5.00. The van der Waals surface area contributed by atoms with Crippen molar-refractivity contribution in [3.8, 4) is 0 Å². The van der Waals surface area contributed by atoms with Crippen molar-refractivity contribution < 1.29 is 18.4 Å². The summed E-state index contributed by atoms with van der Waals surface area (Å²) in [5, 5.41) is 9.92. The topological polar surface area (TPSA) is 83.4 Å². The Morgan fingerprint density at radius 1 is 1.24 bits per heavy atom. The SMILES string of the molecule is O=C1Nc2c(Cl)cc3cc(C(=O)NC4CC[C@@H](F)C4)oc3c2C2(CCCCC2)N1. The van der Waals surface area contributed by atoms with Crippen LogP contribution < -0.4 is 16.0 Å². The molecule has 1 unspecified atom stereocenters. The van der Waals surface area contributed by atoms with Gasteiger partial charge >= 0.3 is 6.03 Å². The first-order valence-corrected chi connectivity index (χ1v) is 10.6. The highest BCUT2D eigenvalue weighted by Crippen LogP contribution is 2.48. The lowest BCUT2D eigenvalue weighted by Gasteiger charge is -2.42. The second-order valence-corrected chi connectivity index (χ2v) is 8.85. The van der Waals surface area contributed by atoms with E-state index in [1.165, 1.54) is 0 Å². The summed E-state index contributed by atoms with van der Waals surface area (Å²) in [7, 11) is 0. The van der Waals surface area contributed by atoms with E-state index in [0.717, 1.165) is 43.1 Å². The van der Waals surface area contributed by atoms with E-state index in [2.05, 4.69) is 16.0 Å². The van der Waals surface area contributed by atoms with E-state index in [1.807, 2.05) is 0 Å². The molecule has 2 aliphatic carbocycles. The molecule has 6 nitrogen and oxygen atoms in total. The monoisotopic (exact) mass is 419 g/mol. The number of alkyl halides is 1. The van der Waals surface area contributed by atoms with Gasteiger partial charge in [0.15, 0.2) is 5.76 Å². The lowest BCUT2D eigenvalue weighted by atomic mass is 9.74. The van der Waals surface area contributed by atoms with Crippen LogP contribution in [0.25, 0.3) is 11.0 Å². The van der Waals surface area contributed by atoms with Crippen LogP contribution in [0.3, 0.4) is 0 Å². The number of furan rings is 1. The Balaban J connectivity index is 1.57. The summed E-state index contributed by atoms with van der Waals surface area (Å²) >= 11 is 6.50. The van der Waals surface area contributed by atoms with Gasteiger partial charge in [-0.25, -0.2) is 9.18 Å². The quantitative estimate of drug-likeness (QED) is 0.640. The fraction of sp³-hybridized carbons (Fsp3) is 0.524. The minimum Gasteiger partial charge on any atom is -0.450 e. The summed E-state index contributed by atoms with van der Waals surface area (Å²) in [5.41, 5.74) is 1.40. The molecule has 2 atom stereocenters. The van der Waals surface area contributed by atoms with Crippen LogP contribution in [0.1, 0.15) is 67.5 Å². The van der Waals surface area contributed by atoms with E-state index in [4.69, 9.17) is 16.0 Å². The molecule has 0 bridgehead atoms. The normalized spacial score (nSPS) is 25.5. The molecule has 1 aromatic heterocycles. The van der Waals surface area contributed by atoms with Gasteiger partial charge in [-0.3, -0.25) is 4.79 Å². The van der Waals surface area contributed by atoms with Gasteiger partial charge in [-0.15, -0.1) is 0 Å². The number of carbonyl (C=O) groups excluding carboxylic acids is 2. The number of hydrogen-bond acceptors (Lipinski definition) is 3. The third-order valence-electron chi connectivity index (χ3n) is 6.46. The average Bonchev–Trinajstić information content (AvgIpc) is 3.28. The summed E-state index contributed by atoms with van der Waals surface area (Å²) < 4.78 is 19.5. The maximum Gasteiger partial charge on any atom is 0.319 e. The lowest BCUT2D eigenvalue weighted by Crippen LogP contribution is -2.52. The molecule has 8 heteroatoms. The van der Waals surface area contributed by atoms with Crippen molar-refractivity contribution in [1.82, 2.24) is 10.6 Å². The molecule has 2 saturated carbocycles. The third kappa shape index (κ3) is 3.16. The lowest BCUT2D eigenvalue weighted by molar-refractivity contribution is 0.0910. The van der Waals surface area contributed by atoms with Crippen LogP contribution in [0.2, 0.25) is 5.02 Å². The molecule has 29 heavy (non-hydrogen) atoms. The van der Waals surface area contributed by atoms with Crippen molar-refractivity contribution >= 4 is 40.2 Å². The van der Waals surface area contributed by atoms with Crippen molar-refractivity contribution in [3.05, 3.63) is 28.5 Å². The standard InChI is InChI=1S/C21H23ClFN3O3/c22-14-8-11-9-15(19(27)24-13-5-4-12(23)10-13)29-18(11)16-17(14)25-20(28)26-21(16)6-2-1-3-7-21/h8-9,12-13H,1-7,10H2,(H,24,27)(H2,25,26,28)/t12-,13?/m1/s1. The van der Waals surface area contributed by atoms with E-state index in [9.17, 15) is 14.0 Å². The fourth-order valence-electron chi connectivity index (χ4n) is 5.11. The molecule has 1 aromatic carbocycles. The number of fused-ring (bicyclic) bond motifs is 4. The molecular formula is C21H23ClFN3O3. The number of anilines is 1. The van der Waals surface area contributed by atoms with Crippen LogP contribution in [0.4, 0.5) is 14.9 Å². The highest BCUT2D eigenvalue weighted by Gasteiger charge is 2.44. The Kier molecular flexibility index (Phi) is 4.46. The zero-order chi connectivity index (χ0) is 20.2. The largest absolute Gasteiger partial charge is 0.450 e. The number of rotatable bonds is 2. The number of amides is 3. The third-order valence-corrected chi connectivity index (χ3v) is 6.76. The van der Waals surface area contributed by atoms with E-state index in [0.29, 0.717) is 35.6 Å². The Bertz CT molecular complexity index is 999. The van der Waals surface area contributed by atoms with Gasteiger partial charge in [0.05, 0.1) is 16.2 Å². The van der Waals surface area contributed by atoms with Crippen LogP contribution >= 0.6 is 11.6 Å². The number of nitrogens with one attached hydrogen (secondary N) is 3. The first-order valence-electron chi connectivity index (χ1n) is 10.3. The molecule has 3 aliphatic rings. The van der Waals surface area contributed by atoms with Gasteiger partial charge in [-0.2, -0.15) is 0 Å². The Labute approximate surface area is 172 Å². The molecule has 3 N–H and O–H groups in total. The van der Waals surface area contributed by atoms with Gasteiger partial charge in [0.1, 0.15) is 11.8 Å². The first-order chi connectivity index (χ1) is 13.9. The molecule has 0 saturated heterocycles. The van der Waals surface area contributed by atoms with Crippen LogP contribution in [-0.2, 0) is 5.54 Å². The molecule has 1 aliphatic heterocycles. The van der Waals surface area contributed by atoms with Crippen molar-refractivity contribution in [2.45, 2.75) is 69.1 Å². The van der Waals surface area contributed by atoms with Gasteiger partial charge in [0.25, 0.3) is 5.91 Å². The Hall–Kier alpha value is -2.28. The van der Waals surface area contributed by atoms with Crippen molar-refractivity contribution in [1.29, 1.82) is 0 Å². The van der Waals surface area contributed by atoms with E-state index in [1.54, 1.807) is 12.1 Å². The summed E-state index contributed by atoms with van der Waals surface area (Å²) in [5.74, 6) is -0.176. The second-order valence-electron chi connectivity index (χ2n) is 8.44. The molecule has 2 aromatic rings. The first kappa shape index (κ1) is 18.7. The van der Waals surface area contributed by atoms with Gasteiger partial charge in [-0.05, 0) is 44.2 Å². The summed E-state index contributed by atoms with van der Waals surface area (Å²) in [6.07, 6.45) is 5.29. The minimum atomic E-state index is -0.859. The second kappa shape index (κ2) is 6.90. The number of hydrogen-bond donors (Lipinski definition) is 3. The summed E-state index contributed by atoms with van der Waals surface area (Å²) in [6, 6.07) is 2.94. The van der Waals surface area contributed by atoms with Crippen molar-refractivity contribution in [2.75, 3.05) is 5.32 Å². The number of benzene rings is 1. The van der Waals surface area contributed by atoms with Crippen molar-refractivity contribution in [3.63, 3.8) is 0 Å². The molecular weight excluding hydrogens is 397 g/mol. The zero-order valence-corrected chi connectivity index (χ0v) is 16.7. The highest BCUT2D eigenvalue weighted by atomic mass is 35.5. The van der Waals surface area contributed by atoms with E-state index in [-0.39, 0.29) is 23.7 Å². The summed E-state index contributed by atoms with van der Waals surface area (Å²) in [4.78, 5) is 25.0. The fourth-order valence-corrected chi connectivity index (χ4v) is 5.37. The van der Waals surface area contributed by atoms with Crippen molar-refractivity contribution in [2.24, 2.45) is 0 Å². The molecule has 3 amide bonds. The smallest absolute Gasteiger partial charge is 0.319 e. The van der Waals surface area contributed by atoms with Gasteiger partial charge in [0, 0.05) is 17.0 Å². The minimum absolute atomic E-state index is 0.172. The molecule has 2 fully saturated rings. The van der Waals surface area contributed by atoms with Gasteiger partial charge in [0.2, 0.25) is 0 Å². The Morgan fingerprint density at radius 3 is 2.76 bits per heavy atom. The molecule has 1 spiro atoms.